The summed E-state index contributed by atoms with van der Waals surface area (Å²) in [7, 11) is 0. The van der Waals surface area contributed by atoms with E-state index in [1.807, 2.05) is 20.8 Å². The van der Waals surface area contributed by atoms with Crippen LogP contribution in [0.3, 0.4) is 0 Å². The number of aromatic nitrogens is 5. The molecule has 0 radical (unpaired) electrons. The van der Waals surface area contributed by atoms with E-state index in [1.165, 1.54) is 0 Å². The van der Waals surface area contributed by atoms with Crippen LogP contribution in [-0.2, 0) is 16.7 Å². The smallest absolute Gasteiger partial charge is 0.266 e. The molecule has 7 nitrogen and oxygen atoms in total. The zero-order chi connectivity index (χ0) is 18.7. The molecule has 2 saturated heterocycles. The Morgan fingerprint density at radius 3 is 2.46 bits per heavy atom. The Morgan fingerprint density at radius 2 is 1.92 bits per heavy atom. The molecular weight excluding hydrogens is 342 g/mol. The Kier molecular flexibility index (Phi) is 3.74. The molecule has 0 saturated carbocycles. The molecule has 0 unspecified atom stereocenters. The first-order valence-electron chi connectivity index (χ1n) is 8.89. The maximum Gasteiger partial charge on any atom is 0.266 e. The fourth-order valence-corrected chi connectivity index (χ4v) is 3.32. The molecule has 2 aliphatic rings. The maximum absolute atomic E-state index is 13.8. The summed E-state index contributed by atoms with van der Waals surface area (Å²) in [6.45, 7) is 10.00. The number of hydrogen-bond donors (Lipinski definition) is 0. The molecule has 2 fully saturated rings. The average Bonchev–Trinajstić information content (AvgIpc) is 3.07. The third-order valence-electron chi connectivity index (χ3n) is 4.92. The van der Waals surface area contributed by atoms with Crippen molar-refractivity contribution >= 4 is 17.0 Å². The number of hydrogen-bond acceptors (Lipinski definition) is 6. The van der Waals surface area contributed by atoms with E-state index < -0.39 is 5.92 Å². The number of halogens is 2. The number of ether oxygens (including phenoxy) is 1. The molecule has 142 valence electrons. The standard InChI is InChI=1S/C17H24F2N6O/c1-15(2,3)14-20-12(24-6-5-17(18,19)8-24)11-13(21-14)25(23-22-11)7-16(4)9-26-10-16/h5-10H2,1-4H3. The Bertz CT molecular complexity index is 840. The molecule has 2 aromatic heterocycles. The minimum atomic E-state index is -2.70. The SMILES string of the molecule is CC1(Cn2nnc3c(N4CCC(F)(F)C4)nc(C(C)(C)C)nc32)COC1. The summed E-state index contributed by atoms with van der Waals surface area (Å²) in [6.07, 6.45) is -0.174. The van der Waals surface area contributed by atoms with Gasteiger partial charge in [0.25, 0.3) is 5.92 Å². The van der Waals surface area contributed by atoms with Crippen LogP contribution in [-0.4, -0.2) is 57.2 Å². The molecule has 0 amide bonds. The second-order valence-electron chi connectivity index (χ2n) is 8.87. The van der Waals surface area contributed by atoms with E-state index in [-0.39, 0.29) is 30.3 Å². The number of fused-ring (bicyclic) bond motifs is 1. The Balaban J connectivity index is 1.81. The third kappa shape index (κ3) is 3.02. The Morgan fingerprint density at radius 1 is 1.19 bits per heavy atom. The zero-order valence-corrected chi connectivity index (χ0v) is 15.6. The number of rotatable bonds is 3. The molecule has 0 N–H and O–H groups in total. The van der Waals surface area contributed by atoms with Crippen molar-refractivity contribution in [2.24, 2.45) is 5.41 Å². The molecule has 4 rings (SSSR count). The minimum absolute atomic E-state index is 0.00564. The molecule has 9 heteroatoms. The summed E-state index contributed by atoms with van der Waals surface area (Å²) in [6, 6.07) is 0. The number of nitrogens with zero attached hydrogens (tertiary/aromatic N) is 6. The van der Waals surface area contributed by atoms with Gasteiger partial charge in [0.05, 0.1) is 26.3 Å². The highest BCUT2D eigenvalue weighted by Crippen LogP contribution is 2.35. The highest BCUT2D eigenvalue weighted by atomic mass is 19.3. The van der Waals surface area contributed by atoms with Crippen LogP contribution in [0.2, 0.25) is 0 Å². The van der Waals surface area contributed by atoms with E-state index in [0.717, 1.165) is 0 Å². The monoisotopic (exact) mass is 366 g/mol. The molecule has 26 heavy (non-hydrogen) atoms. The molecule has 0 aliphatic carbocycles. The Labute approximate surface area is 150 Å². The largest absolute Gasteiger partial charge is 0.380 e. The highest BCUT2D eigenvalue weighted by Gasteiger charge is 2.41. The highest BCUT2D eigenvalue weighted by molar-refractivity contribution is 5.83. The second kappa shape index (κ2) is 5.55. The van der Waals surface area contributed by atoms with Gasteiger partial charge < -0.3 is 9.64 Å². The van der Waals surface area contributed by atoms with Crippen molar-refractivity contribution in [2.45, 2.75) is 52.0 Å². The first kappa shape index (κ1) is 17.5. The quantitative estimate of drug-likeness (QED) is 0.831. The molecule has 0 spiro atoms. The molecule has 0 atom stereocenters. The van der Waals surface area contributed by atoms with Crippen LogP contribution in [0.15, 0.2) is 0 Å². The van der Waals surface area contributed by atoms with Crippen LogP contribution in [0.5, 0.6) is 0 Å². The first-order valence-corrected chi connectivity index (χ1v) is 8.89. The topological polar surface area (TPSA) is 69.0 Å². The van der Waals surface area contributed by atoms with E-state index in [2.05, 4.69) is 27.2 Å². The van der Waals surface area contributed by atoms with E-state index in [0.29, 0.717) is 42.6 Å². The van der Waals surface area contributed by atoms with Crippen LogP contribution in [0.25, 0.3) is 11.2 Å². The fourth-order valence-electron chi connectivity index (χ4n) is 3.32. The van der Waals surface area contributed by atoms with Gasteiger partial charge in [0, 0.05) is 23.8 Å². The van der Waals surface area contributed by atoms with Gasteiger partial charge in [-0.05, 0) is 0 Å². The van der Waals surface area contributed by atoms with Crippen molar-refractivity contribution in [3.8, 4) is 0 Å². The summed E-state index contributed by atoms with van der Waals surface area (Å²) in [5.74, 6) is -1.64. The van der Waals surface area contributed by atoms with Crippen molar-refractivity contribution in [2.75, 3.05) is 31.2 Å². The molecule has 2 aromatic rings. The number of alkyl halides is 2. The van der Waals surface area contributed by atoms with Gasteiger partial charge in [-0.1, -0.05) is 32.9 Å². The van der Waals surface area contributed by atoms with E-state index in [4.69, 9.17) is 4.74 Å². The van der Waals surface area contributed by atoms with Gasteiger partial charge >= 0.3 is 0 Å². The van der Waals surface area contributed by atoms with Crippen LogP contribution in [0.4, 0.5) is 14.6 Å². The molecule has 0 aromatic carbocycles. The van der Waals surface area contributed by atoms with Gasteiger partial charge in [-0.25, -0.2) is 23.4 Å². The van der Waals surface area contributed by atoms with Crippen LogP contribution in [0, 0.1) is 5.41 Å². The molecule has 2 aliphatic heterocycles. The summed E-state index contributed by atoms with van der Waals surface area (Å²) in [5.41, 5.74) is 0.765. The van der Waals surface area contributed by atoms with Crippen LogP contribution < -0.4 is 4.90 Å². The fraction of sp³-hybridized carbons (Fsp3) is 0.765. The molecule has 0 bridgehead atoms. The van der Waals surface area contributed by atoms with Crippen molar-refractivity contribution in [1.82, 2.24) is 25.0 Å². The predicted octanol–water partition coefficient (Wildman–Crippen LogP) is 2.40. The lowest BCUT2D eigenvalue weighted by molar-refractivity contribution is -0.111. The van der Waals surface area contributed by atoms with Crippen LogP contribution in [0.1, 0.15) is 39.9 Å². The minimum Gasteiger partial charge on any atom is -0.380 e. The summed E-state index contributed by atoms with van der Waals surface area (Å²) in [5, 5.41) is 8.49. The molecule has 4 heterocycles. The maximum atomic E-state index is 13.8. The van der Waals surface area contributed by atoms with Crippen molar-refractivity contribution < 1.29 is 13.5 Å². The van der Waals surface area contributed by atoms with Gasteiger partial charge in [-0.2, -0.15) is 0 Å². The van der Waals surface area contributed by atoms with Crippen molar-refractivity contribution in [1.29, 1.82) is 0 Å². The average molecular weight is 366 g/mol. The third-order valence-corrected chi connectivity index (χ3v) is 4.92. The molecular formula is C17H24F2N6O. The van der Waals surface area contributed by atoms with Gasteiger partial charge in [0.1, 0.15) is 5.82 Å². The summed E-state index contributed by atoms with van der Waals surface area (Å²) < 4.78 is 34.6. The first-order chi connectivity index (χ1) is 12.1. The zero-order valence-electron chi connectivity index (χ0n) is 15.6. The van der Waals surface area contributed by atoms with Crippen molar-refractivity contribution in [3.63, 3.8) is 0 Å². The summed E-state index contributed by atoms with van der Waals surface area (Å²) in [4.78, 5) is 10.9. The van der Waals surface area contributed by atoms with Gasteiger partial charge in [-0.3, -0.25) is 0 Å². The lowest BCUT2D eigenvalue weighted by atomic mass is 9.89. The van der Waals surface area contributed by atoms with Gasteiger partial charge in [-0.15, -0.1) is 5.10 Å². The van der Waals surface area contributed by atoms with E-state index in [9.17, 15) is 8.78 Å². The Hall–Kier alpha value is -1.90. The van der Waals surface area contributed by atoms with Crippen LogP contribution >= 0.6 is 0 Å². The normalized spacial score (nSPS) is 22.0. The lowest BCUT2D eigenvalue weighted by Crippen LogP contribution is -2.43. The van der Waals surface area contributed by atoms with Gasteiger partial charge in [0.2, 0.25) is 0 Å². The van der Waals surface area contributed by atoms with Gasteiger partial charge in [0.15, 0.2) is 17.0 Å². The van der Waals surface area contributed by atoms with E-state index >= 15 is 0 Å². The lowest BCUT2D eigenvalue weighted by Gasteiger charge is -2.37. The summed E-state index contributed by atoms with van der Waals surface area (Å²) >= 11 is 0. The second-order valence-corrected chi connectivity index (χ2v) is 8.87. The number of anilines is 1. The predicted molar refractivity (Wildman–Crippen MR) is 92.5 cm³/mol. The van der Waals surface area contributed by atoms with Crippen molar-refractivity contribution in [3.05, 3.63) is 5.82 Å². The van der Waals surface area contributed by atoms with E-state index in [1.54, 1.807) is 9.58 Å².